The largest absolute Gasteiger partial charge is 0.323 e. The summed E-state index contributed by atoms with van der Waals surface area (Å²) in [7, 11) is 0. The summed E-state index contributed by atoms with van der Waals surface area (Å²) in [6.45, 7) is 0. The third-order valence-corrected chi connectivity index (χ3v) is 2.21. The van der Waals surface area contributed by atoms with Crippen molar-refractivity contribution < 1.29 is 0 Å². The second kappa shape index (κ2) is 2.58. The van der Waals surface area contributed by atoms with Crippen LogP contribution in [0.5, 0.6) is 0 Å². The summed E-state index contributed by atoms with van der Waals surface area (Å²) >= 11 is 0. The van der Waals surface area contributed by atoms with Gasteiger partial charge in [-0.25, -0.2) is 0 Å². The van der Waals surface area contributed by atoms with Crippen molar-refractivity contribution in [1.29, 1.82) is 5.26 Å². The number of nitrogens with two attached hydrogens (primary N) is 1. The summed E-state index contributed by atoms with van der Waals surface area (Å²) in [6, 6.07) is 4.03. The van der Waals surface area contributed by atoms with E-state index in [0.717, 1.165) is 24.1 Å². The third-order valence-electron chi connectivity index (χ3n) is 2.21. The maximum atomic E-state index is 8.61. The lowest BCUT2D eigenvalue weighted by Crippen LogP contribution is -2.07. The number of aryl methyl sites for hydroxylation is 1. The van der Waals surface area contributed by atoms with Gasteiger partial charge < -0.3 is 5.73 Å². The number of aromatic nitrogens is 1. The number of hydrogen-bond donors (Lipinski definition) is 1. The zero-order valence-electron chi connectivity index (χ0n) is 6.62. The molecule has 1 aliphatic carbocycles. The highest BCUT2D eigenvalue weighted by Crippen LogP contribution is 2.27. The lowest BCUT2D eigenvalue weighted by atomic mass is 10.1. The van der Waals surface area contributed by atoms with E-state index in [1.165, 1.54) is 0 Å². The second-order valence-electron chi connectivity index (χ2n) is 3.03. The minimum Gasteiger partial charge on any atom is -0.323 e. The lowest BCUT2D eigenvalue weighted by molar-refractivity contribution is 0.698. The molecule has 0 radical (unpaired) electrons. The van der Waals surface area contributed by atoms with Crippen LogP contribution in [0.15, 0.2) is 12.3 Å². The Morgan fingerprint density at radius 2 is 2.50 bits per heavy atom. The smallest absolute Gasteiger partial charge is 0.101 e. The van der Waals surface area contributed by atoms with E-state index in [1.54, 1.807) is 6.20 Å². The molecule has 2 rings (SSSR count). The molecule has 3 nitrogen and oxygen atoms in total. The Morgan fingerprint density at radius 3 is 3.25 bits per heavy atom. The Morgan fingerprint density at radius 1 is 1.67 bits per heavy atom. The average molecular weight is 159 g/mol. The lowest BCUT2D eigenvalue weighted by Gasteiger charge is -2.01. The van der Waals surface area contributed by atoms with E-state index in [9.17, 15) is 0 Å². The monoisotopic (exact) mass is 159 g/mol. The molecular weight excluding hydrogens is 150 g/mol. The highest BCUT2D eigenvalue weighted by molar-refractivity contribution is 5.36. The molecule has 1 atom stereocenters. The maximum Gasteiger partial charge on any atom is 0.101 e. The van der Waals surface area contributed by atoms with E-state index in [-0.39, 0.29) is 6.04 Å². The maximum absolute atomic E-state index is 8.61. The summed E-state index contributed by atoms with van der Waals surface area (Å²) in [5.41, 5.74) is 8.53. The van der Waals surface area contributed by atoms with Gasteiger partial charge in [0.25, 0.3) is 0 Å². The minimum absolute atomic E-state index is 0.0766. The number of pyridine rings is 1. The van der Waals surface area contributed by atoms with Gasteiger partial charge in [-0.3, -0.25) is 4.98 Å². The number of fused-ring (bicyclic) bond motifs is 1. The second-order valence-corrected chi connectivity index (χ2v) is 3.03. The van der Waals surface area contributed by atoms with Gasteiger partial charge in [0.05, 0.1) is 11.3 Å². The number of rotatable bonds is 0. The number of nitrogens with zero attached hydrogens (tertiary/aromatic N) is 2. The summed E-state index contributed by atoms with van der Waals surface area (Å²) in [6.07, 6.45) is 3.50. The van der Waals surface area contributed by atoms with Gasteiger partial charge in [-0.15, -0.1) is 0 Å². The molecule has 0 amide bonds. The highest BCUT2D eigenvalue weighted by atomic mass is 14.8. The molecule has 0 fully saturated rings. The molecule has 12 heavy (non-hydrogen) atoms. The van der Waals surface area contributed by atoms with Crippen molar-refractivity contribution in [3.8, 4) is 6.07 Å². The summed E-state index contributed by atoms with van der Waals surface area (Å²) < 4.78 is 0. The first kappa shape index (κ1) is 7.26. The summed E-state index contributed by atoms with van der Waals surface area (Å²) in [5, 5.41) is 8.61. The van der Waals surface area contributed by atoms with Crippen LogP contribution >= 0.6 is 0 Å². The van der Waals surface area contributed by atoms with Crippen LogP contribution in [0.3, 0.4) is 0 Å². The van der Waals surface area contributed by atoms with Crippen LogP contribution in [0.2, 0.25) is 0 Å². The average Bonchev–Trinajstić information content (AvgIpc) is 2.47. The molecule has 3 heteroatoms. The highest BCUT2D eigenvalue weighted by Gasteiger charge is 2.20. The Labute approximate surface area is 70.8 Å². The van der Waals surface area contributed by atoms with Crippen molar-refractivity contribution in [3.05, 3.63) is 29.1 Å². The molecule has 1 aromatic rings. The van der Waals surface area contributed by atoms with Crippen LogP contribution in [-0.2, 0) is 6.42 Å². The fourth-order valence-corrected chi connectivity index (χ4v) is 1.56. The molecule has 0 spiro atoms. The third kappa shape index (κ3) is 0.973. The summed E-state index contributed by atoms with van der Waals surface area (Å²) in [4.78, 5) is 4.16. The van der Waals surface area contributed by atoms with Crippen molar-refractivity contribution in [2.45, 2.75) is 18.9 Å². The molecule has 1 aromatic heterocycles. The zero-order chi connectivity index (χ0) is 8.55. The van der Waals surface area contributed by atoms with Crippen molar-refractivity contribution in [1.82, 2.24) is 4.98 Å². The molecule has 1 heterocycles. The van der Waals surface area contributed by atoms with Gasteiger partial charge in [-0.2, -0.15) is 5.26 Å². The zero-order valence-corrected chi connectivity index (χ0v) is 6.62. The van der Waals surface area contributed by atoms with Gasteiger partial charge in [0.15, 0.2) is 0 Å². The van der Waals surface area contributed by atoms with E-state index in [1.807, 2.05) is 6.07 Å². The van der Waals surface area contributed by atoms with Crippen molar-refractivity contribution in [2.24, 2.45) is 5.73 Å². The van der Waals surface area contributed by atoms with Gasteiger partial charge in [0, 0.05) is 12.2 Å². The fourth-order valence-electron chi connectivity index (χ4n) is 1.56. The Bertz CT molecular complexity index is 351. The summed E-state index contributed by atoms with van der Waals surface area (Å²) in [5.74, 6) is 0. The SMILES string of the molecule is N#Cc1cnc2c(c1)CCC2N. The van der Waals surface area contributed by atoms with Crippen molar-refractivity contribution in [3.63, 3.8) is 0 Å². The van der Waals surface area contributed by atoms with E-state index < -0.39 is 0 Å². The predicted molar refractivity (Wildman–Crippen MR) is 44.2 cm³/mol. The number of nitriles is 1. The minimum atomic E-state index is 0.0766. The molecule has 60 valence electrons. The van der Waals surface area contributed by atoms with E-state index in [4.69, 9.17) is 11.0 Å². The first-order valence-corrected chi connectivity index (χ1v) is 3.96. The van der Waals surface area contributed by atoms with Crippen LogP contribution in [0.4, 0.5) is 0 Å². The van der Waals surface area contributed by atoms with Gasteiger partial charge in [0.1, 0.15) is 6.07 Å². The molecule has 0 aliphatic heterocycles. The predicted octanol–water partition coefficient (Wildman–Crippen LogP) is 0.899. The van der Waals surface area contributed by atoms with E-state index in [0.29, 0.717) is 5.56 Å². The first-order chi connectivity index (χ1) is 5.81. The molecule has 2 N–H and O–H groups in total. The van der Waals surface area contributed by atoms with Crippen LogP contribution in [0.1, 0.15) is 29.3 Å². The Hall–Kier alpha value is -1.40. The molecule has 0 saturated heterocycles. The van der Waals surface area contributed by atoms with Gasteiger partial charge in [-0.1, -0.05) is 0 Å². The normalized spacial score (nSPS) is 20.2. The van der Waals surface area contributed by atoms with Crippen LogP contribution in [-0.4, -0.2) is 4.98 Å². The standard InChI is InChI=1S/C9H9N3/c10-4-6-3-7-1-2-8(11)9(7)12-5-6/h3,5,8H,1-2,11H2. The molecule has 1 aliphatic rings. The molecular formula is C9H9N3. The van der Waals surface area contributed by atoms with E-state index >= 15 is 0 Å². The van der Waals surface area contributed by atoms with Crippen LogP contribution in [0, 0.1) is 11.3 Å². The van der Waals surface area contributed by atoms with Gasteiger partial charge >= 0.3 is 0 Å². The molecule has 0 aromatic carbocycles. The topological polar surface area (TPSA) is 62.7 Å². The van der Waals surface area contributed by atoms with Crippen LogP contribution in [0.25, 0.3) is 0 Å². The van der Waals surface area contributed by atoms with Crippen molar-refractivity contribution in [2.75, 3.05) is 0 Å². The van der Waals surface area contributed by atoms with Crippen molar-refractivity contribution >= 4 is 0 Å². The fraction of sp³-hybridized carbons (Fsp3) is 0.333. The molecule has 0 bridgehead atoms. The molecule has 0 saturated carbocycles. The first-order valence-electron chi connectivity index (χ1n) is 3.96. The van der Waals surface area contributed by atoms with E-state index in [2.05, 4.69) is 11.1 Å². The quantitative estimate of drug-likeness (QED) is 0.611. The van der Waals surface area contributed by atoms with Gasteiger partial charge in [-0.05, 0) is 24.5 Å². The Balaban J connectivity index is 2.50. The van der Waals surface area contributed by atoms with Crippen LogP contribution < -0.4 is 5.73 Å². The Kier molecular flexibility index (Phi) is 1.56. The molecule has 1 unspecified atom stereocenters. The van der Waals surface area contributed by atoms with Gasteiger partial charge in [0.2, 0.25) is 0 Å². The number of hydrogen-bond acceptors (Lipinski definition) is 3.